The molecule has 0 aliphatic carbocycles. The van der Waals surface area contributed by atoms with Crippen LogP contribution in [0.2, 0.25) is 0 Å². The number of alkyl halides is 1. The first-order chi connectivity index (χ1) is 9.78. The molecule has 1 aromatic carbocycles. The highest BCUT2D eigenvalue weighted by molar-refractivity contribution is 6.17. The summed E-state index contributed by atoms with van der Waals surface area (Å²) in [7, 11) is 0. The standard InChI is InChI=1S/C16H20ClFN2/c17-6-1-7-20-8-4-12(5-9-20)15-11-19-16-3-2-13(18)10-14(15)16/h2-3,10-12,19H,1,4-9H2. The van der Waals surface area contributed by atoms with Crippen LogP contribution >= 0.6 is 11.6 Å². The van der Waals surface area contributed by atoms with Crippen molar-refractivity contribution < 1.29 is 4.39 Å². The van der Waals surface area contributed by atoms with Crippen LogP contribution in [0.25, 0.3) is 10.9 Å². The van der Waals surface area contributed by atoms with E-state index in [0.717, 1.165) is 55.7 Å². The minimum atomic E-state index is -0.155. The van der Waals surface area contributed by atoms with E-state index in [1.165, 1.54) is 11.6 Å². The van der Waals surface area contributed by atoms with Gasteiger partial charge in [0.1, 0.15) is 5.82 Å². The lowest BCUT2D eigenvalue weighted by molar-refractivity contribution is 0.213. The Morgan fingerprint density at radius 1 is 1.30 bits per heavy atom. The smallest absolute Gasteiger partial charge is 0.123 e. The maximum Gasteiger partial charge on any atom is 0.123 e. The maximum atomic E-state index is 13.4. The lowest BCUT2D eigenvalue weighted by Crippen LogP contribution is -2.33. The number of piperidine rings is 1. The van der Waals surface area contributed by atoms with E-state index in [-0.39, 0.29) is 5.82 Å². The largest absolute Gasteiger partial charge is 0.361 e. The fourth-order valence-corrected chi connectivity index (χ4v) is 3.32. The van der Waals surface area contributed by atoms with E-state index < -0.39 is 0 Å². The predicted octanol–water partition coefficient (Wildman–Crippen LogP) is 4.12. The van der Waals surface area contributed by atoms with Crippen molar-refractivity contribution in [1.82, 2.24) is 9.88 Å². The highest BCUT2D eigenvalue weighted by Crippen LogP contribution is 2.33. The molecule has 0 spiro atoms. The van der Waals surface area contributed by atoms with Crippen molar-refractivity contribution in [3.63, 3.8) is 0 Å². The number of nitrogens with zero attached hydrogens (tertiary/aromatic N) is 1. The first-order valence-electron chi connectivity index (χ1n) is 7.33. The molecule has 0 atom stereocenters. The van der Waals surface area contributed by atoms with Gasteiger partial charge in [0, 0.05) is 23.0 Å². The zero-order valence-corrected chi connectivity index (χ0v) is 12.3. The second-order valence-corrected chi connectivity index (χ2v) is 5.97. The third-order valence-corrected chi connectivity index (χ3v) is 4.58. The molecule has 2 aromatic rings. The number of hydrogen-bond acceptors (Lipinski definition) is 1. The summed E-state index contributed by atoms with van der Waals surface area (Å²) in [5.74, 6) is 1.12. The number of hydrogen-bond donors (Lipinski definition) is 1. The minimum absolute atomic E-state index is 0.155. The van der Waals surface area contributed by atoms with Crippen LogP contribution in [0.1, 0.15) is 30.7 Å². The third kappa shape index (κ3) is 2.84. The van der Waals surface area contributed by atoms with Gasteiger partial charge in [0.25, 0.3) is 0 Å². The average molecular weight is 295 g/mol. The quantitative estimate of drug-likeness (QED) is 0.841. The Balaban J connectivity index is 1.72. The third-order valence-electron chi connectivity index (χ3n) is 4.31. The molecule has 1 aliphatic heterocycles. The molecule has 1 aliphatic rings. The molecule has 3 rings (SSSR count). The number of rotatable bonds is 4. The summed E-state index contributed by atoms with van der Waals surface area (Å²) in [5.41, 5.74) is 2.31. The predicted molar refractivity (Wildman–Crippen MR) is 82.0 cm³/mol. The lowest BCUT2D eigenvalue weighted by atomic mass is 9.89. The Morgan fingerprint density at radius 3 is 2.85 bits per heavy atom. The Morgan fingerprint density at radius 2 is 2.10 bits per heavy atom. The number of likely N-dealkylation sites (tertiary alicyclic amines) is 1. The molecule has 1 saturated heterocycles. The second kappa shape index (κ2) is 6.15. The Hall–Kier alpha value is -1.06. The number of H-pyrrole nitrogens is 1. The van der Waals surface area contributed by atoms with Gasteiger partial charge in [-0.25, -0.2) is 4.39 Å². The number of aromatic nitrogens is 1. The topological polar surface area (TPSA) is 19.0 Å². The summed E-state index contributed by atoms with van der Waals surface area (Å²) in [6.07, 6.45) is 5.41. The molecule has 2 heterocycles. The number of nitrogens with one attached hydrogen (secondary N) is 1. The van der Waals surface area contributed by atoms with E-state index in [2.05, 4.69) is 16.1 Å². The van der Waals surface area contributed by atoms with Crippen LogP contribution in [0, 0.1) is 5.82 Å². The molecule has 0 amide bonds. The molecular weight excluding hydrogens is 275 g/mol. The Labute approximate surface area is 123 Å². The van der Waals surface area contributed by atoms with Crippen molar-refractivity contribution >= 4 is 22.5 Å². The van der Waals surface area contributed by atoms with Crippen LogP contribution < -0.4 is 0 Å². The first-order valence-corrected chi connectivity index (χ1v) is 7.86. The number of aromatic amines is 1. The number of benzene rings is 1. The van der Waals surface area contributed by atoms with Gasteiger partial charge in [-0.1, -0.05) is 0 Å². The molecule has 0 radical (unpaired) electrons. The van der Waals surface area contributed by atoms with Crippen LogP contribution in [0.4, 0.5) is 4.39 Å². The van der Waals surface area contributed by atoms with Gasteiger partial charge in [-0.2, -0.15) is 0 Å². The fraction of sp³-hybridized carbons (Fsp3) is 0.500. The van der Waals surface area contributed by atoms with Crippen LogP contribution in [0.15, 0.2) is 24.4 Å². The van der Waals surface area contributed by atoms with Crippen molar-refractivity contribution in [1.29, 1.82) is 0 Å². The molecule has 0 bridgehead atoms. The normalized spacial score (nSPS) is 17.9. The summed E-state index contributed by atoms with van der Waals surface area (Å²) in [6, 6.07) is 4.99. The van der Waals surface area contributed by atoms with Gasteiger partial charge >= 0.3 is 0 Å². The van der Waals surface area contributed by atoms with E-state index in [9.17, 15) is 4.39 Å². The summed E-state index contributed by atoms with van der Waals surface area (Å²) >= 11 is 5.74. The van der Waals surface area contributed by atoms with Gasteiger partial charge in [0.2, 0.25) is 0 Å². The van der Waals surface area contributed by atoms with Gasteiger partial charge in [-0.15, -0.1) is 11.6 Å². The van der Waals surface area contributed by atoms with Crippen LogP contribution in [-0.4, -0.2) is 35.4 Å². The van der Waals surface area contributed by atoms with E-state index in [1.807, 2.05) is 6.07 Å². The van der Waals surface area contributed by atoms with Crippen molar-refractivity contribution in [2.24, 2.45) is 0 Å². The molecule has 1 fully saturated rings. The molecule has 20 heavy (non-hydrogen) atoms. The van der Waals surface area contributed by atoms with Crippen molar-refractivity contribution in [2.45, 2.75) is 25.2 Å². The Bertz CT molecular complexity index is 573. The number of fused-ring (bicyclic) bond motifs is 1. The zero-order chi connectivity index (χ0) is 13.9. The van der Waals surface area contributed by atoms with Gasteiger partial charge in [-0.3, -0.25) is 0 Å². The van der Waals surface area contributed by atoms with E-state index in [1.54, 1.807) is 6.07 Å². The average Bonchev–Trinajstić information content (AvgIpc) is 2.88. The highest BCUT2D eigenvalue weighted by atomic mass is 35.5. The van der Waals surface area contributed by atoms with E-state index >= 15 is 0 Å². The van der Waals surface area contributed by atoms with Crippen LogP contribution in [0.5, 0.6) is 0 Å². The summed E-state index contributed by atoms with van der Waals surface area (Å²) in [6.45, 7) is 3.33. The lowest BCUT2D eigenvalue weighted by Gasteiger charge is -2.31. The number of halogens is 2. The second-order valence-electron chi connectivity index (χ2n) is 5.59. The van der Waals surface area contributed by atoms with Gasteiger partial charge in [0.15, 0.2) is 0 Å². The molecular formula is C16H20ClFN2. The van der Waals surface area contributed by atoms with Crippen LogP contribution in [-0.2, 0) is 0 Å². The zero-order valence-electron chi connectivity index (χ0n) is 11.5. The molecule has 0 unspecified atom stereocenters. The van der Waals surface area contributed by atoms with Gasteiger partial charge in [0.05, 0.1) is 0 Å². The molecule has 108 valence electrons. The first kappa shape index (κ1) is 13.9. The summed E-state index contributed by atoms with van der Waals surface area (Å²) in [4.78, 5) is 5.74. The fourth-order valence-electron chi connectivity index (χ4n) is 3.20. The maximum absolute atomic E-state index is 13.4. The Kier molecular flexibility index (Phi) is 4.27. The van der Waals surface area contributed by atoms with Gasteiger partial charge < -0.3 is 9.88 Å². The SMILES string of the molecule is Fc1ccc2[nH]cc(C3CCN(CCCCl)CC3)c2c1. The van der Waals surface area contributed by atoms with Crippen LogP contribution in [0.3, 0.4) is 0 Å². The van der Waals surface area contributed by atoms with Gasteiger partial charge in [-0.05, 0) is 68.6 Å². The van der Waals surface area contributed by atoms with Crippen molar-refractivity contribution in [3.05, 3.63) is 35.8 Å². The molecule has 1 N–H and O–H groups in total. The minimum Gasteiger partial charge on any atom is -0.361 e. The molecule has 0 saturated carbocycles. The summed E-state index contributed by atoms with van der Waals surface area (Å²) in [5, 5.41) is 1.05. The van der Waals surface area contributed by atoms with Crippen molar-refractivity contribution in [2.75, 3.05) is 25.5 Å². The van der Waals surface area contributed by atoms with Crippen molar-refractivity contribution in [3.8, 4) is 0 Å². The molecule has 4 heteroatoms. The van der Waals surface area contributed by atoms with E-state index in [4.69, 9.17) is 11.6 Å². The molecule has 1 aromatic heterocycles. The highest BCUT2D eigenvalue weighted by Gasteiger charge is 2.22. The molecule has 2 nitrogen and oxygen atoms in total. The van der Waals surface area contributed by atoms with E-state index in [0.29, 0.717) is 5.92 Å². The monoisotopic (exact) mass is 294 g/mol. The summed E-state index contributed by atoms with van der Waals surface area (Å²) < 4.78 is 13.4.